The van der Waals surface area contributed by atoms with E-state index in [4.69, 9.17) is 5.10 Å². The molecule has 0 saturated heterocycles. The standard InChI is InChI=1S/C24H24N6O2S2/c1-14-8-9-16(13-25-14)21-19-10-11-20-23(33-24(27-20)26-15(2)31)22(19)30(28-21)17-6-5-7-18(12-17)34(32)29(3)4/h5-9,12-13H,10-11H2,1-4H3,(H,26,27,31). The van der Waals surface area contributed by atoms with E-state index in [9.17, 15) is 9.00 Å². The second kappa shape index (κ2) is 8.86. The third-order valence-corrected chi connectivity index (χ3v) is 7.91. The number of nitrogens with zero attached hydrogens (tertiary/aromatic N) is 5. The molecule has 1 aliphatic carbocycles. The molecule has 1 N–H and O–H groups in total. The number of hydrogen-bond donors (Lipinski definition) is 1. The van der Waals surface area contributed by atoms with Gasteiger partial charge in [0.25, 0.3) is 0 Å². The van der Waals surface area contributed by atoms with E-state index in [1.54, 1.807) is 18.4 Å². The van der Waals surface area contributed by atoms with Gasteiger partial charge in [-0.1, -0.05) is 17.4 Å². The van der Waals surface area contributed by atoms with Crippen LogP contribution in [0.2, 0.25) is 0 Å². The molecule has 3 aromatic heterocycles. The van der Waals surface area contributed by atoms with Gasteiger partial charge in [0.15, 0.2) is 5.13 Å². The third-order valence-electron chi connectivity index (χ3n) is 5.57. The Hall–Kier alpha value is -3.21. The SMILES string of the molecule is CC(=O)Nc1nc2c(s1)-c1c(c(-c3ccc(C)nc3)nn1-c1cccc(S(=O)N(C)C)c1)CC2. The van der Waals surface area contributed by atoms with E-state index in [1.165, 1.54) is 18.3 Å². The van der Waals surface area contributed by atoms with Crippen molar-refractivity contribution in [3.05, 3.63) is 59.5 Å². The van der Waals surface area contributed by atoms with Gasteiger partial charge in [0.05, 0.1) is 32.5 Å². The van der Waals surface area contributed by atoms with Crippen molar-refractivity contribution in [1.82, 2.24) is 24.1 Å². The number of fused-ring (bicyclic) bond motifs is 3. The Bertz CT molecular complexity index is 1420. The number of anilines is 1. The number of benzene rings is 1. The van der Waals surface area contributed by atoms with Crippen molar-refractivity contribution >= 4 is 33.4 Å². The van der Waals surface area contributed by atoms with E-state index in [2.05, 4.69) is 15.3 Å². The van der Waals surface area contributed by atoms with Crippen LogP contribution in [0, 0.1) is 6.92 Å². The molecular formula is C24H24N6O2S2. The van der Waals surface area contributed by atoms with Crippen LogP contribution < -0.4 is 5.32 Å². The predicted molar refractivity (Wildman–Crippen MR) is 134 cm³/mol. The lowest BCUT2D eigenvalue weighted by molar-refractivity contribution is -0.114. The zero-order valence-electron chi connectivity index (χ0n) is 19.3. The Morgan fingerprint density at radius 3 is 2.74 bits per heavy atom. The molecule has 0 spiro atoms. The molecule has 1 aliphatic rings. The maximum atomic E-state index is 12.7. The molecule has 0 aliphatic heterocycles. The van der Waals surface area contributed by atoms with E-state index in [1.807, 2.05) is 54.2 Å². The van der Waals surface area contributed by atoms with Crippen LogP contribution in [0.3, 0.4) is 0 Å². The zero-order chi connectivity index (χ0) is 24.0. The van der Waals surface area contributed by atoms with Gasteiger partial charge in [0.2, 0.25) is 5.91 Å². The molecular weight excluding hydrogens is 468 g/mol. The summed E-state index contributed by atoms with van der Waals surface area (Å²) in [4.78, 5) is 22.5. The summed E-state index contributed by atoms with van der Waals surface area (Å²) >= 11 is 1.45. The summed E-state index contributed by atoms with van der Waals surface area (Å²) in [5.74, 6) is -0.148. The molecule has 174 valence electrons. The van der Waals surface area contributed by atoms with Gasteiger partial charge in [-0.25, -0.2) is 18.2 Å². The van der Waals surface area contributed by atoms with Crippen LogP contribution in [0.1, 0.15) is 23.9 Å². The highest BCUT2D eigenvalue weighted by molar-refractivity contribution is 7.82. The molecule has 0 saturated carbocycles. The van der Waals surface area contributed by atoms with Crippen molar-refractivity contribution in [2.45, 2.75) is 31.6 Å². The molecule has 10 heteroatoms. The van der Waals surface area contributed by atoms with Gasteiger partial charge in [0, 0.05) is 29.9 Å². The first-order valence-electron chi connectivity index (χ1n) is 10.8. The number of pyridine rings is 1. The molecule has 0 bridgehead atoms. The fourth-order valence-electron chi connectivity index (χ4n) is 4.04. The second-order valence-electron chi connectivity index (χ2n) is 8.31. The van der Waals surface area contributed by atoms with Gasteiger partial charge < -0.3 is 5.32 Å². The highest BCUT2D eigenvalue weighted by Crippen LogP contribution is 2.44. The first-order valence-corrected chi connectivity index (χ1v) is 12.8. The Morgan fingerprint density at radius 2 is 2.03 bits per heavy atom. The number of amides is 1. The van der Waals surface area contributed by atoms with Crippen molar-refractivity contribution in [3.63, 3.8) is 0 Å². The number of rotatable bonds is 5. The number of hydrogen-bond acceptors (Lipinski definition) is 6. The maximum absolute atomic E-state index is 12.7. The number of thiazole rings is 1. The highest BCUT2D eigenvalue weighted by Gasteiger charge is 2.30. The fourth-order valence-corrected chi connectivity index (χ4v) is 5.99. The van der Waals surface area contributed by atoms with E-state index in [0.29, 0.717) is 10.0 Å². The average molecular weight is 493 g/mol. The van der Waals surface area contributed by atoms with Crippen LogP contribution in [-0.4, -0.2) is 48.3 Å². The van der Waals surface area contributed by atoms with E-state index in [-0.39, 0.29) is 5.91 Å². The Balaban J connectivity index is 1.72. The van der Waals surface area contributed by atoms with Gasteiger partial charge >= 0.3 is 0 Å². The van der Waals surface area contributed by atoms with Crippen LogP contribution in [0.15, 0.2) is 47.5 Å². The Kier molecular flexibility index (Phi) is 5.88. The first kappa shape index (κ1) is 22.6. The summed E-state index contributed by atoms with van der Waals surface area (Å²) in [6, 6.07) is 11.6. The van der Waals surface area contributed by atoms with Gasteiger partial charge in [-0.05, 0) is 64.2 Å². The molecule has 1 atom stereocenters. The van der Waals surface area contributed by atoms with Gasteiger partial charge in [-0.3, -0.25) is 9.78 Å². The highest BCUT2D eigenvalue weighted by atomic mass is 32.2. The van der Waals surface area contributed by atoms with Crippen molar-refractivity contribution in [3.8, 4) is 27.5 Å². The van der Waals surface area contributed by atoms with Crippen molar-refractivity contribution in [2.75, 3.05) is 19.4 Å². The van der Waals surface area contributed by atoms with Crippen molar-refractivity contribution in [2.24, 2.45) is 0 Å². The van der Waals surface area contributed by atoms with Gasteiger partial charge in [-0.2, -0.15) is 5.10 Å². The quantitative estimate of drug-likeness (QED) is 0.454. The molecule has 3 heterocycles. The molecule has 4 aromatic rings. The smallest absolute Gasteiger partial charge is 0.223 e. The van der Waals surface area contributed by atoms with Crippen LogP contribution in [0.5, 0.6) is 0 Å². The second-order valence-corrected chi connectivity index (χ2v) is 11.0. The Morgan fingerprint density at radius 1 is 1.21 bits per heavy atom. The van der Waals surface area contributed by atoms with E-state index in [0.717, 1.165) is 57.3 Å². The van der Waals surface area contributed by atoms with E-state index < -0.39 is 11.0 Å². The topological polar surface area (TPSA) is 93.0 Å². The third kappa shape index (κ3) is 4.08. The van der Waals surface area contributed by atoms with Gasteiger partial charge in [-0.15, -0.1) is 0 Å². The molecule has 34 heavy (non-hydrogen) atoms. The predicted octanol–water partition coefficient (Wildman–Crippen LogP) is 4.01. The minimum absolute atomic E-state index is 0.148. The Labute approximate surface area is 204 Å². The number of aryl methyl sites for hydroxylation is 2. The number of carbonyl (C=O) groups is 1. The minimum Gasteiger partial charge on any atom is -0.302 e. The summed E-state index contributed by atoms with van der Waals surface area (Å²) < 4.78 is 16.3. The molecule has 5 rings (SSSR count). The summed E-state index contributed by atoms with van der Waals surface area (Å²) in [7, 11) is 2.30. The number of aromatic nitrogens is 4. The minimum atomic E-state index is -1.28. The van der Waals surface area contributed by atoms with Crippen LogP contribution in [-0.2, 0) is 28.6 Å². The summed E-state index contributed by atoms with van der Waals surface area (Å²) in [6.45, 7) is 3.44. The summed E-state index contributed by atoms with van der Waals surface area (Å²) in [6.07, 6.45) is 3.39. The normalized spacial score (nSPS) is 13.4. The zero-order valence-corrected chi connectivity index (χ0v) is 21.0. The van der Waals surface area contributed by atoms with Crippen LogP contribution in [0.25, 0.3) is 27.5 Å². The molecule has 0 radical (unpaired) electrons. The summed E-state index contributed by atoms with van der Waals surface area (Å²) in [5, 5.41) is 8.43. The monoisotopic (exact) mass is 492 g/mol. The molecule has 1 unspecified atom stereocenters. The number of nitrogens with one attached hydrogen (secondary N) is 1. The fraction of sp³-hybridized carbons (Fsp3) is 0.250. The van der Waals surface area contributed by atoms with Crippen LogP contribution in [0.4, 0.5) is 5.13 Å². The summed E-state index contributed by atoms with van der Waals surface area (Å²) in [5.41, 5.74) is 6.61. The molecule has 0 fully saturated rings. The molecule has 8 nitrogen and oxygen atoms in total. The lowest BCUT2D eigenvalue weighted by Crippen LogP contribution is -2.15. The first-order chi connectivity index (χ1) is 16.3. The maximum Gasteiger partial charge on any atom is 0.223 e. The molecule has 1 amide bonds. The lowest BCUT2D eigenvalue weighted by Gasteiger charge is -2.15. The van der Waals surface area contributed by atoms with Crippen molar-refractivity contribution in [1.29, 1.82) is 0 Å². The molecule has 1 aromatic carbocycles. The van der Waals surface area contributed by atoms with Gasteiger partial charge in [0.1, 0.15) is 11.0 Å². The average Bonchev–Trinajstić information content (AvgIpc) is 3.39. The number of carbonyl (C=O) groups excluding carboxylic acids is 1. The lowest BCUT2D eigenvalue weighted by atomic mass is 9.95. The van der Waals surface area contributed by atoms with Crippen LogP contribution >= 0.6 is 11.3 Å². The van der Waals surface area contributed by atoms with Crippen molar-refractivity contribution < 1.29 is 9.00 Å². The van der Waals surface area contributed by atoms with E-state index >= 15 is 0 Å². The largest absolute Gasteiger partial charge is 0.302 e.